The maximum atomic E-state index is 13.5. The topological polar surface area (TPSA) is 59.1 Å². The first-order valence-corrected chi connectivity index (χ1v) is 9.60. The molecule has 30 heavy (non-hydrogen) atoms. The van der Waals surface area contributed by atoms with Gasteiger partial charge in [0, 0.05) is 17.6 Å². The summed E-state index contributed by atoms with van der Waals surface area (Å²) in [6, 6.07) is 14.2. The van der Waals surface area contributed by atoms with Gasteiger partial charge in [-0.05, 0) is 54.8 Å². The standard InChI is InChI=1S/C22H23F3N4O/c1-3-4-6-15-7-5-8-17(13-15)27-20-19(22(23,24)25)14-26-21(29-20)28-16-9-11-18(30-2)12-10-16/h5,7-14H,3-4,6H2,1-2H3,(H2,26,27,28,29). The van der Waals surface area contributed by atoms with E-state index in [0.29, 0.717) is 17.1 Å². The molecule has 0 atom stereocenters. The van der Waals surface area contributed by atoms with E-state index >= 15 is 0 Å². The molecule has 3 aromatic rings. The zero-order valence-electron chi connectivity index (χ0n) is 16.8. The van der Waals surface area contributed by atoms with Gasteiger partial charge in [-0.3, -0.25) is 0 Å². The largest absolute Gasteiger partial charge is 0.497 e. The van der Waals surface area contributed by atoms with Crippen LogP contribution in [0.4, 0.5) is 36.3 Å². The smallest absolute Gasteiger partial charge is 0.421 e. The number of alkyl halides is 3. The van der Waals surface area contributed by atoms with Gasteiger partial charge in [0.1, 0.15) is 17.1 Å². The number of benzene rings is 2. The Kier molecular flexibility index (Phi) is 6.76. The van der Waals surface area contributed by atoms with Crippen molar-refractivity contribution >= 4 is 23.1 Å². The molecular weight excluding hydrogens is 393 g/mol. The van der Waals surface area contributed by atoms with Crippen molar-refractivity contribution in [1.82, 2.24) is 9.97 Å². The third-order valence-corrected chi connectivity index (χ3v) is 4.45. The van der Waals surface area contributed by atoms with Crippen molar-refractivity contribution < 1.29 is 17.9 Å². The van der Waals surface area contributed by atoms with Crippen molar-refractivity contribution in [3.05, 3.63) is 65.9 Å². The summed E-state index contributed by atoms with van der Waals surface area (Å²) in [5.41, 5.74) is 1.30. The zero-order chi connectivity index (χ0) is 21.6. The lowest BCUT2D eigenvalue weighted by Crippen LogP contribution is -2.12. The summed E-state index contributed by atoms with van der Waals surface area (Å²) in [5, 5.41) is 5.72. The van der Waals surface area contributed by atoms with E-state index in [1.54, 1.807) is 37.4 Å². The quantitative estimate of drug-likeness (QED) is 0.449. The number of hydrogen-bond acceptors (Lipinski definition) is 5. The Morgan fingerprint density at radius 1 is 1.00 bits per heavy atom. The fourth-order valence-electron chi connectivity index (χ4n) is 2.87. The van der Waals surface area contributed by atoms with Crippen LogP contribution in [0.5, 0.6) is 5.75 Å². The van der Waals surface area contributed by atoms with Crippen molar-refractivity contribution in [2.75, 3.05) is 17.7 Å². The molecule has 2 aromatic carbocycles. The second-order valence-corrected chi connectivity index (χ2v) is 6.74. The number of ether oxygens (including phenoxy) is 1. The number of rotatable bonds is 8. The summed E-state index contributed by atoms with van der Waals surface area (Å²) in [7, 11) is 1.55. The molecule has 0 saturated heterocycles. The minimum atomic E-state index is -4.58. The first-order chi connectivity index (χ1) is 14.4. The molecule has 0 bridgehead atoms. The van der Waals surface area contributed by atoms with E-state index in [1.807, 2.05) is 18.2 Å². The second kappa shape index (κ2) is 9.47. The Morgan fingerprint density at radius 2 is 1.77 bits per heavy atom. The van der Waals surface area contributed by atoms with Gasteiger partial charge in [0.2, 0.25) is 5.95 Å². The molecule has 0 aliphatic carbocycles. The summed E-state index contributed by atoms with van der Waals surface area (Å²) in [4.78, 5) is 7.91. The van der Waals surface area contributed by atoms with Gasteiger partial charge >= 0.3 is 6.18 Å². The number of hydrogen-bond donors (Lipinski definition) is 2. The van der Waals surface area contributed by atoms with E-state index in [0.717, 1.165) is 31.0 Å². The van der Waals surface area contributed by atoms with Crippen LogP contribution in [0.25, 0.3) is 0 Å². The van der Waals surface area contributed by atoms with E-state index in [4.69, 9.17) is 4.74 Å². The molecule has 158 valence electrons. The average Bonchev–Trinajstić information content (AvgIpc) is 2.72. The fourth-order valence-corrected chi connectivity index (χ4v) is 2.87. The fraction of sp³-hybridized carbons (Fsp3) is 0.273. The molecule has 1 heterocycles. The minimum Gasteiger partial charge on any atom is -0.497 e. The van der Waals surface area contributed by atoms with Crippen molar-refractivity contribution in [1.29, 1.82) is 0 Å². The lowest BCUT2D eigenvalue weighted by atomic mass is 10.1. The number of nitrogens with zero attached hydrogens (tertiary/aromatic N) is 2. The number of nitrogens with one attached hydrogen (secondary N) is 2. The van der Waals surface area contributed by atoms with Crippen LogP contribution in [-0.4, -0.2) is 17.1 Å². The highest BCUT2D eigenvalue weighted by molar-refractivity contribution is 5.63. The van der Waals surface area contributed by atoms with Gasteiger partial charge in [-0.25, -0.2) is 4.98 Å². The molecule has 0 fully saturated rings. The molecule has 0 aliphatic heterocycles. The number of halogens is 3. The van der Waals surface area contributed by atoms with E-state index in [1.165, 1.54) is 0 Å². The van der Waals surface area contributed by atoms with Crippen molar-refractivity contribution in [3.8, 4) is 5.75 Å². The number of anilines is 4. The second-order valence-electron chi connectivity index (χ2n) is 6.74. The van der Waals surface area contributed by atoms with Gasteiger partial charge in [-0.1, -0.05) is 25.5 Å². The molecule has 1 aromatic heterocycles. The molecule has 8 heteroatoms. The Balaban J connectivity index is 1.87. The van der Waals surface area contributed by atoms with Crippen LogP contribution in [-0.2, 0) is 12.6 Å². The lowest BCUT2D eigenvalue weighted by Gasteiger charge is -2.15. The van der Waals surface area contributed by atoms with Gasteiger partial charge < -0.3 is 15.4 Å². The summed E-state index contributed by atoms with van der Waals surface area (Å²) in [6.45, 7) is 2.09. The highest BCUT2D eigenvalue weighted by Gasteiger charge is 2.35. The minimum absolute atomic E-state index is 0.0535. The molecule has 0 radical (unpaired) electrons. The first kappa shape index (κ1) is 21.4. The normalized spacial score (nSPS) is 11.2. The number of methoxy groups -OCH3 is 1. The van der Waals surface area contributed by atoms with Gasteiger partial charge in [-0.15, -0.1) is 0 Å². The Bertz CT molecular complexity index is 975. The maximum Gasteiger partial charge on any atom is 0.421 e. The van der Waals surface area contributed by atoms with Crippen LogP contribution in [0.3, 0.4) is 0 Å². The van der Waals surface area contributed by atoms with E-state index < -0.39 is 11.7 Å². The number of unbranched alkanes of at least 4 members (excludes halogenated alkanes) is 1. The highest BCUT2D eigenvalue weighted by atomic mass is 19.4. The molecule has 5 nitrogen and oxygen atoms in total. The molecule has 0 spiro atoms. The molecule has 0 unspecified atom stereocenters. The highest BCUT2D eigenvalue weighted by Crippen LogP contribution is 2.35. The van der Waals surface area contributed by atoms with Gasteiger partial charge in [0.25, 0.3) is 0 Å². The predicted octanol–water partition coefficient (Wildman–Crippen LogP) is 6.33. The molecule has 0 aliphatic rings. The summed E-state index contributed by atoms with van der Waals surface area (Å²) >= 11 is 0. The van der Waals surface area contributed by atoms with E-state index in [9.17, 15) is 13.2 Å². The van der Waals surface area contributed by atoms with Crippen LogP contribution in [0.1, 0.15) is 30.9 Å². The zero-order valence-corrected chi connectivity index (χ0v) is 16.8. The van der Waals surface area contributed by atoms with Crippen molar-refractivity contribution in [2.45, 2.75) is 32.4 Å². The molecule has 0 amide bonds. The van der Waals surface area contributed by atoms with Gasteiger partial charge in [-0.2, -0.15) is 18.2 Å². The van der Waals surface area contributed by atoms with E-state index in [2.05, 4.69) is 27.5 Å². The van der Waals surface area contributed by atoms with E-state index in [-0.39, 0.29) is 11.8 Å². The predicted molar refractivity (Wildman–Crippen MR) is 112 cm³/mol. The van der Waals surface area contributed by atoms with Crippen molar-refractivity contribution in [2.24, 2.45) is 0 Å². The number of aryl methyl sites for hydroxylation is 1. The lowest BCUT2D eigenvalue weighted by molar-refractivity contribution is -0.137. The van der Waals surface area contributed by atoms with Crippen molar-refractivity contribution in [3.63, 3.8) is 0 Å². The first-order valence-electron chi connectivity index (χ1n) is 9.60. The SMILES string of the molecule is CCCCc1cccc(Nc2nc(Nc3ccc(OC)cc3)ncc2C(F)(F)F)c1. The van der Waals surface area contributed by atoms with Crippen LogP contribution in [0.2, 0.25) is 0 Å². The maximum absolute atomic E-state index is 13.5. The summed E-state index contributed by atoms with van der Waals surface area (Å²) in [5.74, 6) is 0.415. The van der Waals surface area contributed by atoms with Crippen LogP contribution in [0.15, 0.2) is 54.7 Å². The average molecular weight is 416 g/mol. The summed E-state index contributed by atoms with van der Waals surface area (Å²) < 4.78 is 45.6. The third kappa shape index (κ3) is 5.62. The molecule has 3 rings (SSSR count). The molecular formula is C22H23F3N4O. The monoisotopic (exact) mass is 416 g/mol. The van der Waals surface area contributed by atoms with Gasteiger partial charge in [0.05, 0.1) is 7.11 Å². The van der Waals surface area contributed by atoms with Gasteiger partial charge in [0.15, 0.2) is 0 Å². The Hall–Kier alpha value is -3.29. The van der Waals surface area contributed by atoms with Crippen LogP contribution < -0.4 is 15.4 Å². The molecule has 0 saturated carbocycles. The third-order valence-electron chi connectivity index (χ3n) is 4.45. The summed E-state index contributed by atoms with van der Waals surface area (Å²) in [6.07, 6.45) is -0.877. The van der Waals surface area contributed by atoms with Crippen LogP contribution in [0, 0.1) is 0 Å². The number of aromatic nitrogens is 2. The molecule has 2 N–H and O–H groups in total. The van der Waals surface area contributed by atoms with Crippen LogP contribution >= 0.6 is 0 Å². The Labute approximate surface area is 173 Å². The Morgan fingerprint density at radius 3 is 2.43 bits per heavy atom.